The molecule has 0 spiro atoms. The second kappa shape index (κ2) is 11.2. The summed E-state index contributed by atoms with van der Waals surface area (Å²) in [5.41, 5.74) is 0. The minimum absolute atomic E-state index is 0.0332. The van der Waals surface area contributed by atoms with E-state index >= 15 is 0 Å². The van der Waals surface area contributed by atoms with Crippen molar-refractivity contribution in [3.8, 4) is 0 Å². The number of unbranched alkanes of at least 4 members (excludes halogenated alkanes) is 1. The molecule has 7 nitrogen and oxygen atoms in total. The molecule has 1 atom stereocenters. The molecule has 7 heteroatoms. The van der Waals surface area contributed by atoms with E-state index in [1.165, 1.54) is 14.0 Å². The van der Waals surface area contributed by atoms with Crippen LogP contribution in [0.1, 0.15) is 32.6 Å². The molecule has 0 fully saturated rings. The third-order valence-electron chi connectivity index (χ3n) is 2.66. The van der Waals surface area contributed by atoms with Crippen LogP contribution in [-0.4, -0.2) is 45.3 Å². The fourth-order valence-corrected chi connectivity index (χ4v) is 1.71. The van der Waals surface area contributed by atoms with Crippen molar-refractivity contribution in [1.82, 2.24) is 10.6 Å². The summed E-state index contributed by atoms with van der Waals surface area (Å²) in [6, 6.07) is 0. The summed E-state index contributed by atoms with van der Waals surface area (Å²) in [5, 5.41) is 5.28. The molecular weight excluding hydrogens is 264 g/mol. The van der Waals surface area contributed by atoms with Gasteiger partial charge in [0, 0.05) is 13.0 Å². The van der Waals surface area contributed by atoms with Crippen LogP contribution < -0.4 is 10.6 Å². The molecule has 0 aromatic carbocycles. The van der Waals surface area contributed by atoms with Gasteiger partial charge in [-0.1, -0.05) is 6.42 Å². The first-order valence-electron chi connectivity index (χ1n) is 6.63. The highest BCUT2D eigenvalue weighted by atomic mass is 16.6. The monoisotopic (exact) mass is 288 g/mol. The number of methoxy groups -OCH3 is 1. The topological polar surface area (TPSA) is 93.7 Å². The van der Waals surface area contributed by atoms with Gasteiger partial charge in [-0.15, -0.1) is 0 Å². The predicted molar refractivity (Wildman–Crippen MR) is 73.1 cm³/mol. The zero-order valence-electron chi connectivity index (χ0n) is 12.4. The highest BCUT2D eigenvalue weighted by Gasteiger charge is 2.20. The van der Waals surface area contributed by atoms with Crippen LogP contribution in [0.4, 0.5) is 4.79 Å². The number of hydrogen-bond acceptors (Lipinski definition) is 6. The number of carbonyl (C=O) groups is 3. The third kappa shape index (κ3) is 9.32. The van der Waals surface area contributed by atoms with Crippen molar-refractivity contribution in [1.29, 1.82) is 0 Å². The molecule has 0 aliphatic carbocycles. The Morgan fingerprint density at radius 2 is 1.90 bits per heavy atom. The van der Waals surface area contributed by atoms with Crippen LogP contribution in [0.5, 0.6) is 0 Å². The number of alkyl carbamates (subject to hydrolysis) is 1. The molecule has 0 saturated carbocycles. The minimum atomic E-state index is -0.479. The van der Waals surface area contributed by atoms with Crippen molar-refractivity contribution < 1.29 is 23.9 Å². The van der Waals surface area contributed by atoms with Crippen LogP contribution in [0.25, 0.3) is 0 Å². The SMILES string of the molecule is CNCOC(=O)NCCCCC(CC(C)=O)C(=O)OC. The van der Waals surface area contributed by atoms with E-state index in [-0.39, 0.29) is 24.9 Å². The predicted octanol–water partition coefficient (Wildman–Crippen LogP) is 0.828. The number of nitrogens with one attached hydrogen (secondary N) is 2. The van der Waals surface area contributed by atoms with Crippen molar-refractivity contribution in [3.63, 3.8) is 0 Å². The van der Waals surface area contributed by atoms with Gasteiger partial charge in [-0.05, 0) is 26.8 Å². The zero-order chi connectivity index (χ0) is 15.4. The number of Topliss-reactive ketones (excluding diaryl/α,β-unsaturated/α-hetero) is 1. The van der Waals surface area contributed by atoms with Gasteiger partial charge in [0.05, 0.1) is 13.0 Å². The summed E-state index contributed by atoms with van der Waals surface area (Å²) in [4.78, 5) is 33.6. The molecule has 0 aromatic heterocycles. The molecule has 0 aliphatic heterocycles. The highest BCUT2D eigenvalue weighted by molar-refractivity contribution is 5.82. The second-order valence-corrected chi connectivity index (χ2v) is 4.48. The van der Waals surface area contributed by atoms with E-state index in [2.05, 4.69) is 15.4 Å². The lowest BCUT2D eigenvalue weighted by Crippen LogP contribution is -2.28. The first kappa shape index (κ1) is 18.4. The molecule has 0 radical (unpaired) electrons. The van der Waals surface area contributed by atoms with Crippen molar-refractivity contribution in [2.75, 3.05) is 27.4 Å². The maximum Gasteiger partial charge on any atom is 0.408 e. The summed E-state index contributed by atoms with van der Waals surface area (Å²) in [6.45, 7) is 2.08. The maximum absolute atomic E-state index is 11.5. The van der Waals surface area contributed by atoms with Crippen LogP contribution >= 0.6 is 0 Å². The number of amides is 1. The van der Waals surface area contributed by atoms with Crippen LogP contribution in [0.3, 0.4) is 0 Å². The maximum atomic E-state index is 11.5. The van der Waals surface area contributed by atoms with Gasteiger partial charge in [-0.25, -0.2) is 4.79 Å². The Balaban J connectivity index is 3.80. The molecule has 116 valence electrons. The van der Waals surface area contributed by atoms with Crippen molar-refractivity contribution in [2.45, 2.75) is 32.6 Å². The molecular formula is C13H24N2O5. The van der Waals surface area contributed by atoms with Gasteiger partial charge in [0.25, 0.3) is 0 Å². The fourth-order valence-electron chi connectivity index (χ4n) is 1.71. The first-order valence-corrected chi connectivity index (χ1v) is 6.63. The Kier molecular flexibility index (Phi) is 10.3. The van der Waals surface area contributed by atoms with E-state index in [4.69, 9.17) is 4.74 Å². The molecule has 2 N–H and O–H groups in total. The van der Waals surface area contributed by atoms with E-state index in [0.29, 0.717) is 19.4 Å². The van der Waals surface area contributed by atoms with Crippen molar-refractivity contribution >= 4 is 17.8 Å². The molecule has 0 rings (SSSR count). The Morgan fingerprint density at radius 1 is 1.20 bits per heavy atom. The Bertz CT molecular complexity index is 320. The molecule has 0 saturated heterocycles. The van der Waals surface area contributed by atoms with E-state index in [1.807, 2.05) is 0 Å². The van der Waals surface area contributed by atoms with E-state index in [1.54, 1.807) is 7.05 Å². The molecule has 0 heterocycles. The Labute approximate surface area is 119 Å². The molecule has 1 unspecified atom stereocenters. The Hall–Kier alpha value is -1.63. The molecule has 0 aromatic rings. The van der Waals surface area contributed by atoms with Crippen molar-refractivity contribution in [2.24, 2.45) is 5.92 Å². The number of rotatable bonds is 10. The van der Waals surface area contributed by atoms with Gasteiger partial charge in [-0.3, -0.25) is 10.1 Å². The lowest BCUT2D eigenvalue weighted by molar-refractivity contribution is -0.147. The van der Waals surface area contributed by atoms with Gasteiger partial charge in [0.15, 0.2) is 0 Å². The largest absolute Gasteiger partial charge is 0.469 e. The summed E-state index contributed by atoms with van der Waals surface area (Å²) >= 11 is 0. The van der Waals surface area contributed by atoms with E-state index < -0.39 is 12.0 Å². The van der Waals surface area contributed by atoms with Gasteiger partial charge >= 0.3 is 12.1 Å². The standard InChI is InChI=1S/C13H24N2O5/c1-10(16)8-11(12(17)19-3)6-4-5-7-15-13(18)20-9-14-2/h11,14H,4-9H2,1-3H3,(H,15,18). The van der Waals surface area contributed by atoms with Crippen LogP contribution in [-0.2, 0) is 19.1 Å². The number of hydrogen-bond donors (Lipinski definition) is 2. The quantitative estimate of drug-likeness (QED) is 0.351. The third-order valence-corrected chi connectivity index (χ3v) is 2.66. The number of esters is 1. The molecule has 1 amide bonds. The number of ketones is 1. The van der Waals surface area contributed by atoms with Gasteiger partial charge < -0.3 is 19.6 Å². The van der Waals surface area contributed by atoms with Crippen molar-refractivity contribution in [3.05, 3.63) is 0 Å². The zero-order valence-corrected chi connectivity index (χ0v) is 12.4. The van der Waals surface area contributed by atoms with Gasteiger partial charge in [0.2, 0.25) is 0 Å². The van der Waals surface area contributed by atoms with Crippen LogP contribution in [0, 0.1) is 5.92 Å². The smallest absolute Gasteiger partial charge is 0.408 e. The number of carbonyl (C=O) groups excluding carboxylic acids is 3. The summed E-state index contributed by atoms with van der Waals surface area (Å²) < 4.78 is 9.41. The average Bonchev–Trinajstić information content (AvgIpc) is 2.42. The summed E-state index contributed by atoms with van der Waals surface area (Å²) in [6.07, 6.45) is 1.72. The molecule has 0 bridgehead atoms. The van der Waals surface area contributed by atoms with Gasteiger partial charge in [-0.2, -0.15) is 0 Å². The Morgan fingerprint density at radius 3 is 2.45 bits per heavy atom. The molecule has 0 aliphatic rings. The van der Waals surface area contributed by atoms with Crippen LogP contribution in [0.15, 0.2) is 0 Å². The first-order chi connectivity index (χ1) is 9.51. The highest BCUT2D eigenvalue weighted by Crippen LogP contribution is 2.14. The van der Waals surface area contributed by atoms with Crippen LogP contribution in [0.2, 0.25) is 0 Å². The minimum Gasteiger partial charge on any atom is -0.469 e. The number of ether oxygens (including phenoxy) is 2. The average molecular weight is 288 g/mol. The lowest BCUT2D eigenvalue weighted by atomic mass is 9.96. The normalized spacial score (nSPS) is 11.6. The van der Waals surface area contributed by atoms with Gasteiger partial charge in [0.1, 0.15) is 12.5 Å². The second-order valence-electron chi connectivity index (χ2n) is 4.48. The lowest BCUT2D eigenvalue weighted by Gasteiger charge is -2.12. The van der Waals surface area contributed by atoms with E-state index in [0.717, 1.165) is 6.42 Å². The summed E-state index contributed by atoms with van der Waals surface area (Å²) in [7, 11) is 2.99. The summed E-state index contributed by atoms with van der Waals surface area (Å²) in [5.74, 6) is -0.787. The van der Waals surface area contributed by atoms with E-state index in [9.17, 15) is 14.4 Å². The molecule has 20 heavy (non-hydrogen) atoms. The fraction of sp³-hybridized carbons (Fsp3) is 0.769.